The Hall–Kier alpha value is -0.920. The highest BCUT2D eigenvalue weighted by Crippen LogP contribution is 2.44. The summed E-state index contributed by atoms with van der Waals surface area (Å²) >= 11 is 1.43. The van der Waals surface area contributed by atoms with Crippen LogP contribution < -0.4 is 5.32 Å². The van der Waals surface area contributed by atoms with Crippen LogP contribution in [0.5, 0.6) is 0 Å². The first-order chi connectivity index (χ1) is 11.7. The van der Waals surface area contributed by atoms with E-state index in [1.807, 2.05) is 13.8 Å². The topological polar surface area (TPSA) is 49.4 Å². The van der Waals surface area contributed by atoms with Gasteiger partial charge in [0.15, 0.2) is 0 Å². The summed E-state index contributed by atoms with van der Waals surface area (Å²) in [7, 11) is 0. The number of nitrogens with one attached hydrogen (secondary N) is 1. The SMILES string of the molecule is CCCSCC(=O)N1C[C@@H](C(F)(F)F)[C@H](NC(=O)C2(CC)CCC2)C1. The van der Waals surface area contributed by atoms with Gasteiger partial charge in [0, 0.05) is 18.5 Å². The summed E-state index contributed by atoms with van der Waals surface area (Å²) in [6.07, 6.45) is -0.472. The van der Waals surface area contributed by atoms with Crippen molar-refractivity contribution in [3.8, 4) is 0 Å². The highest BCUT2D eigenvalue weighted by Gasteiger charge is 2.53. The number of carbonyl (C=O) groups is 2. The Morgan fingerprint density at radius 3 is 2.40 bits per heavy atom. The number of halogens is 3. The number of hydrogen-bond donors (Lipinski definition) is 1. The van der Waals surface area contributed by atoms with Crippen molar-refractivity contribution in [2.75, 3.05) is 24.6 Å². The Balaban J connectivity index is 2.01. The average molecular weight is 380 g/mol. The van der Waals surface area contributed by atoms with Crippen LogP contribution in [0.4, 0.5) is 13.2 Å². The molecule has 0 spiro atoms. The average Bonchev–Trinajstić information content (AvgIpc) is 2.91. The second kappa shape index (κ2) is 8.18. The molecule has 0 aromatic heterocycles. The second-order valence-electron chi connectivity index (χ2n) is 7.07. The number of rotatable bonds is 7. The minimum absolute atomic E-state index is 0.0543. The lowest BCUT2D eigenvalue weighted by molar-refractivity contribution is -0.177. The minimum atomic E-state index is -4.43. The van der Waals surface area contributed by atoms with Gasteiger partial charge in [-0.3, -0.25) is 9.59 Å². The Morgan fingerprint density at radius 2 is 1.92 bits per heavy atom. The molecule has 2 rings (SSSR count). The summed E-state index contributed by atoms with van der Waals surface area (Å²) < 4.78 is 40.2. The van der Waals surface area contributed by atoms with Crippen LogP contribution >= 0.6 is 11.8 Å². The molecule has 0 bridgehead atoms. The highest BCUT2D eigenvalue weighted by atomic mass is 32.2. The highest BCUT2D eigenvalue weighted by molar-refractivity contribution is 7.99. The molecule has 2 amide bonds. The smallest absolute Gasteiger partial charge is 0.350 e. The molecule has 144 valence electrons. The quantitative estimate of drug-likeness (QED) is 0.690. The molecular formula is C17H27F3N2O2S. The van der Waals surface area contributed by atoms with Crippen LogP contribution in [0.1, 0.15) is 46.0 Å². The number of amides is 2. The summed E-state index contributed by atoms with van der Waals surface area (Å²) in [5, 5.41) is 2.62. The van der Waals surface area contributed by atoms with Gasteiger partial charge < -0.3 is 10.2 Å². The van der Waals surface area contributed by atoms with Crippen LogP contribution in [0, 0.1) is 11.3 Å². The first-order valence-electron chi connectivity index (χ1n) is 8.96. The third kappa shape index (κ3) is 4.63. The number of nitrogens with zero attached hydrogens (tertiary/aromatic N) is 1. The van der Waals surface area contributed by atoms with E-state index in [1.165, 1.54) is 16.7 Å². The van der Waals surface area contributed by atoms with Crippen molar-refractivity contribution in [2.45, 2.75) is 58.2 Å². The van der Waals surface area contributed by atoms with Crippen LogP contribution in [-0.4, -0.2) is 53.5 Å². The maximum atomic E-state index is 13.4. The van der Waals surface area contributed by atoms with E-state index in [9.17, 15) is 22.8 Å². The van der Waals surface area contributed by atoms with Gasteiger partial charge in [0.25, 0.3) is 0 Å². The maximum absolute atomic E-state index is 13.4. The number of likely N-dealkylation sites (tertiary alicyclic amines) is 1. The zero-order valence-corrected chi connectivity index (χ0v) is 15.6. The normalized spacial score (nSPS) is 25.6. The van der Waals surface area contributed by atoms with E-state index >= 15 is 0 Å². The lowest BCUT2D eigenvalue weighted by Crippen LogP contribution is -2.52. The Morgan fingerprint density at radius 1 is 1.24 bits per heavy atom. The predicted molar refractivity (Wildman–Crippen MR) is 92.2 cm³/mol. The molecule has 2 aliphatic rings. The molecule has 0 aromatic rings. The van der Waals surface area contributed by atoms with Gasteiger partial charge in [0.2, 0.25) is 11.8 Å². The van der Waals surface area contributed by atoms with Gasteiger partial charge in [0.1, 0.15) is 0 Å². The Labute approximate surface area is 151 Å². The van der Waals surface area contributed by atoms with E-state index in [0.717, 1.165) is 31.4 Å². The van der Waals surface area contributed by atoms with Crippen LogP contribution in [0.3, 0.4) is 0 Å². The van der Waals surface area contributed by atoms with Crippen LogP contribution in [0.2, 0.25) is 0 Å². The van der Waals surface area contributed by atoms with Gasteiger partial charge in [-0.2, -0.15) is 24.9 Å². The van der Waals surface area contributed by atoms with Gasteiger partial charge in [-0.25, -0.2) is 0 Å². The summed E-state index contributed by atoms with van der Waals surface area (Å²) in [4.78, 5) is 25.9. The molecule has 0 unspecified atom stereocenters. The summed E-state index contributed by atoms with van der Waals surface area (Å²) in [6, 6.07) is -1.04. The molecule has 1 saturated carbocycles. The van der Waals surface area contributed by atoms with E-state index in [0.29, 0.717) is 6.42 Å². The fraction of sp³-hybridized carbons (Fsp3) is 0.882. The van der Waals surface area contributed by atoms with Gasteiger partial charge in [-0.1, -0.05) is 20.3 Å². The standard InChI is InChI=1S/C17H27F3N2O2S/c1-3-8-25-11-14(23)22-9-12(17(18,19)20)13(10-22)21-15(24)16(4-2)6-5-7-16/h12-13H,3-11H2,1-2H3,(H,21,24)/t12-,13-/m1/s1. The third-order valence-electron chi connectivity index (χ3n) is 5.45. The molecule has 0 aromatic carbocycles. The van der Waals surface area contributed by atoms with Crippen molar-refractivity contribution in [3.63, 3.8) is 0 Å². The first kappa shape index (κ1) is 20.4. The van der Waals surface area contributed by atoms with Crippen molar-refractivity contribution in [2.24, 2.45) is 11.3 Å². The molecule has 1 saturated heterocycles. The number of carbonyl (C=O) groups excluding carboxylic acids is 2. The molecule has 8 heteroatoms. The molecular weight excluding hydrogens is 353 g/mol. The molecule has 2 atom stereocenters. The number of hydrogen-bond acceptors (Lipinski definition) is 3. The third-order valence-corrected chi connectivity index (χ3v) is 6.60. The Bertz CT molecular complexity index is 489. The zero-order valence-electron chi connectivity index (χ0n) is 14.8. The predicted octanol–water partition coefficient (Wildman–Crippen LogP) is 3.22. The van der Waals surface area contributed by atoms with E-state index in [4.69, 9.17) is 0 Å². The summed E-state index contributed by atoms with van der Waals surface area (Å²) in [5.41, 5.74) is -0.509. The van der Waals surface area contributed by atoms with E-state index < -0.39 is 23.6 Å². The Kier molecular flexibility index (Phi) is 6.68. The van der Waals surface area contributed by atoms with Gasteiger partial charge in [-0.15, -0.1) is 0 Å². The molecule has 0 radical (unpaired) electrons. The monoisotopic (exact) mass is 380 g/mol. The lowest BCUT2D eigenvalue weighted by atomic mass is 9.66. The van der Waals surface area contributed by atoms with E-state index in [2.05, 4.69) is 5.32 Å². The molecule has 1 heterocycles. The van der Waals surface area contributed by atoms with Gasteiger partial charge >= 0.3 is 6.18 Å². The van der Waals surface area contributed by atoms with Crippen LogP contribution in [-0.2, 0) is 9.59 Å². The minimum Gasteiger partial charge on any atom is -0.350 e. The fourth-order valence-electron chi connectivity index (χ4n) is 3.55. The first-order valence-corrected chi connectivity index (χ1v) is 10.1. The molecule has 1 aliphatic heterocycles. The van der Waals surface area contributed by atoms with Gasteiger partial charge in [-0.05, 0) is 31.4 Å². The fourth-order valence-corrected chi connectivity index (χ4v) is 4.34. The molecule has 1 N–H and O–H groups in total. The van der Waals surface area contributed by atoms with Crippen molar-refractivity contribution >= 4 is 23.6 Å². The van der Waals surface area contributed by atoms with Crippen LogP contribution in [0.25, 0.3) is 0 Å². The van der Waals surface area contributed by atoms with Crippen molar-refractivity contribution in [3.05, 3.63) is 0 Å². The zero-order chi connectivity index (χ0) is 18.7. The lowest BCUT2D eigenvalue weighted by Gasteiger charge is -2.40. The number of alkyl halides is 3. The van der Waals surface area contributed by atoms with E-state index in [-0.39, 0.29) is 30.7 Å². The van der Waals surface area contributed by atoms with Crippen molar-refractivity contribution < 1.29 is 22.8 Å². The maximum Gasteiger partial charge on any atom is 0.395 e. The number of thioether (sulfide) groups is 1. The largest absolute Gasteiger partial charge is 0.395 e. The molecule has 25 heavy (non-hydrogen) atoms. The van der Waals surface area contributed by atoms with Gasteiger partial charge in [0.05, 0.1) is 17.7 Å². The molecule has 4 nitrogen and oxygen atoms in total. The molecule has 1 aliphatic carbocycles. The van der Waals surface area contributed by atoms with Crippen molar-refractivity contribution in [1.29, 1.82) is 0 Å². The van der Waals surface area contributed by atoms with E-state index in [1.54, 1.807) is 0 Å². The van der Waals surface area contributed by atoms with Crippen LogP contribution in [0.15, 0.2) is 0 Å². The summed E-state index contributed by atoms with van der Waals surface area (Å²) in [6.45, 7) is 3.47. The second-order valence-corrected chi connectivity index (χ2v) is 8.17. The van der Waals surface area contributed by atoms with Crippen molar-refractivity contribution in [1.82, 2.24) is 10.2 Å². The summed E-state index contributed by atoms with van der Waals surface area (Å²) in [5.74, 6) is -1.25. The molecule has 2 fully saturated rings.